The number of para-hydroxylation sites is 1. The molecule has 7 aromatic rings. The molecule has 0 amide bonds. The number of hydrogen-bond donors (Lipinski definition) is 0. The third kappa shape index (κ3) is 3.12. The van der Waals surface area contributed by atoms with Gasteiger partial charge in [-0.2, -0.15) is 0 Å². The highest BCUT2D eigenvalue weighted by Gasteiger charge is 2.36. The maximum absolute atomic E-state index is 4.68. The van der Waals surface area contributed by atoms with Gasteiger partial charge in [0.1, 0.15) is 0 Å². The molecule has 0 aliphatic heterocycles. The van der Waals surface area contributed by atoms with Crippen LogP contribution in [0.3, 0.4) is 0 Å². The zero-order valence-corrected chi connectivity index (χ0v) is 22.5. The van der Waals surface area contributed by atoms with E-state index in [-0.39, 0.29) is 5.41 Å². The summed E-state index contributed by atoms with van der Waals surface area (Å²) < 4.78 is 2.49. The van der Waals surface area contributed by atoms with Gasteiger partial charge in [0.2, 0.25) is 0 Å². The number of fused-ring (bicyclic) bond motifs is 8. The minimum Gasteiger partial charge on any atom is -0.308 e. The molecule has 3 heterocycles. The summed E-state index contributed by atoms with van der Waals surface area (Å²) in [7, 11) is 0. The van der Waals surface area contributed by atoms with E-state index in [4.69, 9.17) is 0 Å². The van der Waals surface area contributed by atoms with Gasteiger partial charge in [-0.3, -0.25) is 9.97 Å². The Hall–Kier alpha value is -5.02. The van der Waals surface area contributed by atoms with Crippen molar-refractivity contribution in [3.05, 3.63) is 139 Å². The molecule has 1 aliphatic rings. The van der Waals surface area contributed by atoms with Crippen LogP contribution in [-0.2, 0) is 5.41 Å². The quantitative estimate of drug-likeness (QED) is 0.231. The highest BCUT2D eigenvalue weighted by Crippen LogP contribution is 2.52. The Morgan fingerprint density at radius 1 is 0.575 bits per heavy atom. The van der Waals surface area contributed by atoms with E-state index in [1.54, 1.807) is 0 Å². The minimum atomic E-state index is -0.212. The molecule has 3 heteroatoms. The highest BCUT2D eigenvalue weighted by atomic mass is 15.0. The molecule has 190 valence electrons. The summed E-state index contributed by atoms with van der Waals surface area (Å²) in [5, 5.41) is 3.64. The molecule has 8 rings (SSSR count). The monoisotopic (exact) mass is 513 g/mol. The van der Waals surface area contributed by atoms with E-state index in [9.17, 15) is 0 Å². The third-order valence-corrected chi connectivity index (χ3v) is 8.58. The second-order valence-electron chi connectivity index (χ2n) is 11.1. The number of rotatable bonds is 2. The lowest BCUT2D eigenvalue weighted by Gasteiger charge is -2.28. The second kappa shape index (κ2) is 8.49. The van der Waals surface area contributed by atoms with Crippen LogP contribution in [-0.4, -0.2) is 14.5 Å². The normalized spacial score (nSPS) is 13.4. The predicted molar refractivity (Wildman–Crippen MR) is 165 cm³/mol. The van der Waals surface area contributed by atoms with Crippen LogP contribution in [0.1, 0.15) is 25.0 Å². The van der Waals surface area contributed by atoms with E-state index in [1.165, 1.54) is 55.2 Å². The van der Waals surface area contributed by atoms with Crippen molar-refractivity contribution < 1.29 is 0 Å². The van der Waals surface area contributed by atoms with E-state index >= 15 is 0 Å². The van der Waals surface area contributed by atoms with E-state index < -0.39 is 0 Å². The van der Waals surface area contributed by atoms with Crippen molar-refractivity contribution in [3.8, 4) is 39.3 Å². The molecule has 40 heavy (non-hydrogen) atoms. The molecule has 0 N–H and O–H groups in total. The van der Waals surface area contributed by atoms with Crippen LogP contribution in [0, 0.1) is 0 Å². The van der Waals surface area contributed by atoms with Gasteiger partial charge in [-0.1, -0.05) is 92.7 Å². The van der Waals surface area contributed by atoms with Crippen LogP contribution in [0.25, 0.3) is 61.0 Å². The van der Waals surface area contributed by atoms with Crippen molar-refractivity contribution >= 4 is 21.7 Å². The van der Waals surface area contributed by atoms with Gasteiger partial charge in [-0.15, -0.1) is 0 Å². The number of benzene rings is 4. The fraction of sp³-hybridized carbons (Fsp3) is 0.0811. The fourth-order valence-corrected chi connectivity index (χ4v) is 6.73. The van der Waals surface area contributed by atoms with Gasteiger partial charge in [0.05, 0.1) is 22.6 Å². The van der Waals surface area contributed by atoms with Crippen molar-refractivity contribution in [2.24, 2.45) is 0 Å². The third-order valence-electron chi connectivity index (χ3n) is 8.58. The summed E-state index contributed by atoms with van der Waals surface area (Å²) in [6.07, 6.45) is 5.85. The van der Waals surface area contributed by atoms with Crippen LogP contribution in [0.5, 0.6) is 0 Å². The minimum absolute atomic E-state index is 0.212. The highest BCUT2D eigenvalue weighted by molar-refractivity contribution is 6.10. The van der Waals surface area contributed by atoms with Crippen molar-refractivity contribution in [1.29, 1.82) is 0 Å². The summed E-state index contributed by atoms with van der Waals surface area (Å²) in [6.45, 7) is 4.64. The van der Waals surface area contributed by atoms with E-state index in [1.807, 2.05) is 18.5 Å². The molecule has 0 saturated heterocycles. The Kier molecular flexibility index (Phi) is 4.86. The van der Waals surface area contributed by atoms with Gasteiger partial charge in [0.25, 0.3) is 0 Å². The molecule has 0 unspecified atom stereocenters. The Morgan fingerprint density at radius 2 is 1.32 bits per heavy atom. The zero-order valence-electron chi connectivity index (χ0n) is 22.5. The maximum atomic E-state index is 4.68. The first-order valence-electron chi connectivity index (χ1n) is 13.8. The average molecular weight is 514 g/mol. The molecule has 3 nitrogen and oxygen atoms in total. The average Bonchev–Trinajstić information content (AvgIpc) is 3.32. The van der Waals surface area contributed by atoms with Crippen molar-refractivity contribution in [2.45, 2.75) is 19.3 Å². The molecule has 0 saturated carbocycles. The lowest BCUT2D eigenvalue weighted by Crippen LogP contribution is -2.20. The lowest BCUT2D eigenvalue weighted by molar-refractivity contribution is 0.643. The first-order valence-corrected chi connectivity index (χ1v) is 13.8. The number of pyridine rings is 2. The Morgan fingerprint density at radius 3 is 2.17 bits per heavy atom. The van der Waals surface area contributed by atoms with Gasteiger partial charge in [-0.25, -0.2) is 0 Å². The molecule has 3 aromatic heterocycles. The summed E-state index contributed by atoms with van der Waals surface area (Å²) in [6, 6.07) is 39.2. The van der Waals surface area contributed by atoms with Crippen LogP contribution in [0.4, 0.5) is 0 Å². The number of aromatic nitrogens is 3. The molecule has 0 spiro atoms. The van der Waals surface area contributed by atoms with Gasteiger partial charge in [-0.05, 0) is 52.4 Å². The molecule has 4 aromatic carbocycles. The van der Waals surface area contributed by atoms with Crippen LogP contribution in [0.15, 0.2) is 128 Å². The summed E-state index contributed by atoms with van der Waals surface area (Å²) in [5.41, 5.74) is 11.8. The van der Waals surface area contributed by atoms with E-state index in [0.29, 0.717) is 0 Å². The van der Waals surface area contributed by atoms with Crippen molar-refractivity contribution in [3.63, 3.8) is 0 Å². The molecule has 0 atom stereocenters. The smallest absolute Gasteiger partial charge is 0.0708 e. The first-order chi connectivity index (χ1) is 19.6. The molecule has 0 radical (unpaired) electrons. The van der Waals surface area contributed by atoms with Crippen molar-refractivity contribution in [2.75, 3.05) is 0 Å². The van der Waals surface area contributed by atoms with Crippen LogP contribution >= 0.6 is 0 Å². The summed E-state index contributed by atoms with van der Waals surface area (Å²) in [4.78, 5) is 9.27. The predicted octanol–water partition coefficient (Wildman–Crippen LogP) is 9.21. The number of hydrogen-bond acceptors (Lipinski definition) is 2. The Balaban J connectivity index is 1.56. The largest absolute Gasteiger partial charge is 0.308 e. The van der Waals surface area contributed by atoms with Gasteiger partial charge in [0.15, 0.2) is 0 Å². The van der Waals surface area contributed by atoms with Gasteiger partial charge < -0.3 is 4.57 Å². The molecule has 0 bridgehead atoms. The number of nitrogens with zero attached hydrogens (tertiary/aromatic N) is 3. The summed E-state index contributed by atoms with van der Waals surface area (Å²) >= 11 is 0. The molecule has 1 aliphatic carbocycles. The molecule has 0 fully saturated rings. The Bertz CT molecular complexity index is 2080. The zero-order chi connectivity index (χ0) is 26.8. The lowest BCUT2D eigenvalue weighted by atomic mass is 9.76. The maximum Gasteiger partial charge on any atom is 0.0708 e. The fourth-order valence-electron chi connectivity index (χ4n) is 6.73. The van der Waals surface area contributed by atoms with Crippen molar-refractivity contribution in [1.82, 2.24) is 14.5 Å². The van der Waals surface area contributed by atoms with Crippen LogP contribution < -0.4 is 0 Å². The van der Waals surface area contributed by atoms with E-state index in [0.717, 1.165) is 16.9 Å². The summed E-state index contributed by atoms with van der Waals surface area (Å²) in [5.74, 6) is 0. The molecular formula is C37H27N3. The van der Waals surface area contributed by atoms with Gasteiger partial charge in [0, 0.05) is 51.5 Å². The topological polar surface area (TPSA) is 30.7 Å². The molecular weight excluding hydrogens is 486 g/mol. The van der Waals surface area contributed by atoms with Gasteiger partial charge >= 0.3 is 0 Å². The van der Waals surface area contributed by atoms with E-state index in [2.05, 4.69) is 138 Å². The first kappa shape index (κ1) is 22.9. The standard InChI is InChI=1S/C37H27N3/c1-37(2)30-15-7-5-13-28(30)36-35(27-20-22-38-23-31(27)37)29-14-6-8-17-33(29)40(36)34-19-18-25(32-16-9-10-21-39-32)24-11-3-4-12-26(24)34/h3-23H,1-2H3. The SMILES string of the molecule is CC1(C)c2cnccc2-c2c(n(-c3ccc(-c4ccccn4)c4ccccc34)c3ccccc23)-c2ccccc21. The van der Waals surface area contributed by atoms with Crippen LogP contribution in [0.2, 0.25) is 0 Å². The second-order valence-corrected chi connectivity index (χ2v) is 11.1. The Labute approximate surface area is 233 Å².